The molecule has 1 unspecified atom stereocenters. The van der Waals surface area contributed by atoms with Crippen LogP contribution in [-0.4, -0.2) is 19.4 Å². The minimum absolute atomic E-state index is 0.100. The fraction of sp³-hybridized carbons (Fsp3) is 0.846. The van der Waals surface area contributed by atoms with Crippen LogP contribution in [0.15, 0.2) is 0 Å². The van der Waals surface area contributed by atoms with Gasteiger partial charge in [0.1, 0.15) is 0 Å². The van der Waals surface area contributed by atoms with E-state index in [0.29, 0.717) is 0 Å². The number of hydrogen-bond acceptors (Lipinski definition) is 2. The van der Waals surface area contributed by atoms with Crippen LogP contribution in [-0.2, 0) is 9.84 Å². The molecule has 0 aromatic rings. The standard InChI is InChI=1S/C13H22O2S/c1-10(2)11-13(5,6)8-7-12(3,4)9-16(11,14)15/h10-11H,9H2,1-6H3. The van der Waals surface area contributed by atoms with Crippen LogP contribution in [0.4, 0.5) is 0 Å². The van der Waals surface area contributed by atoms with Gasteiger partial charge in [0, 0.05) is 10.8 Å². The first-order chi connectivity index (χ1) is 6.98. The lowest BCUT2D eigenvalue weighted by molar-refractivity contribution is 0.377. The maximum Gasteiger partial charge on any atom is 0.156 e. The van der Waals surface area contributed by atoms with Gasteiger partial charge in [0.05, 0.1) is 11.0 Å². The molecule has 2 nitrogen and oxygen atoms in total. The van der Waals surface area contributed by atoms with Crippen molar-refractivity contribution < 1.29 is 8.42 Å². The summed E-state index contributed by atoms with van der Waals surface area (Å²) in [5.41, 5.74) is -0.888. The fourth-order valence-corrected chi connectivity index (χ4v) is 5.77. The van der Waals surface area contributed by atoms with Gasteiger partial charge in [-0.2, -0.15) is 0 Å². The highest BCUT2D eigenvalue weighted by Gasteiger charge is 2.44. The second kappa shape index (κ2) is 3.77. The molecule has 3 heteroatoms. The van der Waals surface area contributed by atoms with E-state index < -0.39 is 20.7 Å². The summed E-state index contributed by atoms with van der Waals surface area (Å²) in [4.78, 5) is 0. The van der Waals surface area contributed by atoms with Crippen molar-refractivity contribution >= 4 is 9.84 Å². The predicted molar refractivity (Wildman–Crippen MR) is 67.8 cm³/mol. The molecule has 0 bridgehead atoms. The van der Waals surface area contributed by atoms with Gasteiger partial charge in [-0.15, -0.1) is 0 Å². The van der Waals surface area contributed by atoms with Crippen molar-refractivity contribution in [3.05, 3.63) is 0 Å². The normalized spacial score (nSPS) is 30.3. The molecular formula is C13H22O2S. The topological polar surface area (TPSA) is 34.1 Å². The molecule has 1 rings (SSSR count). The summed E-state index contributed by atoms with van der Waals surface area (Å²) in [6, 6.07) is 0. The summed E-state index contributed by atoms with van der Waals surface area (Å²) < 4.78 is 24.8. The van der Waals surface area contributed by atoms with Gasteiger partial charge in [0.15, 0.2) is 9.84 Å². The molecule has 0 saturated heterocycles. The van der Waals surface area contributed by atoms with Crippen molar-refractivity contribution in [2.75, 3.05) is 5.75 Å². The van der Waals surface area contributed by atoms with Crippen LogP contribution in [0.3, 0.4) is 0 Å². The smallest absolute Gasteiger partial charge is 0.156 e. The molecule has 0 radical (unpaired) electrons. The van der Waals surface area contributed by atoms with Crippen LogP contribution >= 0.6 is 0 Å². The maximum absolute atomic E-state index is 12.4. The van der Waals surface area contributed by atoms with Crippen LogP contribution < -0.4 is 0 Å². The quantitative estimate of drug-likeness (QED) is 0.662. The average Bonchev–Trinajstić information content (AvgIpc) is 2.01. The van der Waals surface area contributed by atoms with E-state index in [0.717, 1.165) is 0 Å². The Bertz CT molecular complexity index is 430. The van der Waals surface area contributed by atoms with Gasteiger partial charge in [0.25, 0.3) is 0 Å². The van der Waals surface area contributed by atoms with E-state index in [2.05, 4.69) is 11.8 Å². The largest absolute Gasteiger partial charge is 0.228 e. The Hall–Kier alpha value is -0.490. The highest BCUT2D eigenvalue weighted by atomic mass is 32.2. The molecule has 92 valence electrons. The third kappa shape index (κ3) is 2.60. The lowest BCUT2D eigenvalue weighted by atomic mass is 9.83. The molecule has 1 atom stereocenters. The van der Waals surface area contributed by atoms with Crippen LogP contribution in [0.2, 0.25) is 0 Å². The first-order valence-corrected chi connectivity index (χ1v) is 7.45. The average molecular weight is 242 g/mol. The zero-order valence-electron chi connectivity index (χ0n) is 11.1. The van der Waals surface area contributed by atoms with E-state index in [-0.39, 0.29) is 16.9 Å². The third-order valence-corrected chi connectivity index (χ3v) is 6.02. The number of hydrogen-bond donors (Lipinski definition) is 0. The van der Waals surface area contributed by atoms with Crippen molar-refractivity contribution in [2.45, 2.75) is 46.8 Å². The Balaban J connectivity index is 3.37. The van der Waals surface area contributed by atoms with Gasteiger partial charge in [-0.25, -0.2) is 8.42 Å². The lowest BCUT2D eigenvalue weighted by Gasteiger charge is -2.32. The monoisotopic (exact) mass is 242 g/mol. The highest BCUT2D eigenvalue weighted by molar-refractivity contribution is 7.92. The minimum atomic E-state index is -3.10. The Morgan fingerprint density at radius 2 is 1.62 bits per heavy atom. The molecule has 1 heterocycles. The molecule has 0 aromatic heterocycles. The molecule has 0 spiro atoms. The van der Waals surface area contributed by atoms with Crippen LogP contribution in [0.25, 0.3) is 0 Å². The van der Waals surface area contributed by atoms with Crippen LogP contribution in [0, 0.1) is 28.6 Å². The van der Waals surface area contributed by atoms with Gasteiger partial charge >= 0.3 is 0 Å². The number of sulfone groups is 1. The van der Waals surface area contributed by atoms with Crippen molar-refractivity contribution in [1.29, 1.82) is 0 Å². The summed E-state index contributed by atoms with van der Waals surface area (Å²) in [5, 5.41) is -0.366. The van der Waals surface area contributed by atoms with Gasteiger partial charge in [0.2, 0.25) is 0 Å². The summed E-state index contributed by atoms with van der Waals surface area (Å²) in [6.07, 6.45) is 0. The van der Waals surface area contributed by atoms with Crippen molar-refractivity contribution in [3.8, 4) is 11.8 Å². The van der Waals surface area contributed by atoms with E-state index in [1.54, 1.807) is 0 Å². The molecule has 16 heavy (non-hydrogen) atoms. The SMILES string of the molecule is CC(C)C1C(C)(C)C#CC(C)(C)CS1(=O)=O. The predicted octanol–water partition coefficient (Wildman–Crippen LogP) is 2.50. The van der Waals surface area contributed by atoms with E-state index in [1.807, 2.05) is 41.5 Å². The Morgan fingerprint density at radius 1 is 1.12 bits per heavy atom. The molecule has 1 aliphatic heterocycles. The summed E-state index contributed by atoms with van der Waals surface area (Å²) >= 11 is 0. The maximum atomic E-state index is 12.4. The van der Waals surface area contributed by atoms with Crippen LogP contribution in [0.5, 0.6) is 0 Å². The molecule has 0 saturated carbocycles. The molecule has 0 fully saturated rings. The van der Waals surface area contributed by atoms with E-state index in [9.17, 15) is 8.42 Å². The summed E-state index contributed by atoms with van der Waals surface area (Å²) in [7, 11) is -3.10. The fourth-order valence-electron chi connectivity index (χ4n) is 2.73. The molecule has 1 aliphatic rings. The zero-order chi connectivity index (χ0) is 12.8. The lowest BCUT2D eigenvalue weighted by Crippen LogP contribution is -2.41. The second-order valence-electron chi connectivity index (χ2n) is 6.33. The van der Waals surface area contributed by atoms with Crippen molar-refractivity contribution in [3.63, 3.8) is 0 Å². The molecule has 0 N–H and O–H groups in total. The first-order valence-electron chi connectivity index (χ1n) is 5.74. The minimum Gasteiger partial charge on any atom is -0.228 e. The zero-order valence-corrected chi connectivity index (χ0v) is 11.9. The van der Waals surface area contributed by atoms with Crippen molar-refractivity contribution in [1.82, 2.24) is 0 Å². The third-order valence-electron chi connectivity index (χ3n) is 2.99. The first kappa shape index (κ1) is 13.6. The Labute approximate surface area is 99.7 Å². The van der Waals surface area contributed by atoms with E-state index in [1.165, 1.54) is 0 Å². The number of rotatable bonds is 1. The summed E-state index contributed by atoms with van der Waals surface area (Å²) in [6.45, 7) is 11.6. The van der Waals surface area contributed by atoms with Gasteiger partial charge in [-0.05, 0) is 33.6 Å². The van der Waals surface area contributed by atoms with Crippen molar-refractivity contribution in [2.24, 2.45) is 16.7 Å². The Kier molecular flexibility index (Phi) is 3.20. The van der Waals surface area contributed by atoms with E-state index >= 15 is 0 Å². The second-order valence-corrected chi connectivity index (χ2v) is 8.45. The Morgan fingerprint density at radius 3 is 2.06 bits per heavy atom. The molecular weight excluding hydrogens is 220 g/mol. The van der Waals surface area contributed by atoms with Gasteiger partial charge < -0.3 is 0 Å². The highest BCUT2D eigenvalue weighted by Crippen LogP contribution is 2.37. The molecule has 0 amide bonds. The van der Waals surface area contributed by atoms with Gasteiger partial charge in [-0.1, -0.05) is 25.7 Å². The van der Waals surface area contributed by atoms with Crippen LogP contribution in [0.1, 0.15) is 41.5 Å². The van der Waals surface area contributed by atoms with Gasteiger partial charge in [-0.3, -0.25) is 0 Å². The molecule has 0 aliphatic carbocycles. The molecule has 0 aromatic carbocycles. The van der Waals surface area contributed by atoms with E-state index in [4.69, 9.17) is 0 Å². The summed E-state index contributed by atoms with van der Waals surface area (Å²) in [5.74, 6) is 6.56.